The van der Waals surface area contributed by atoms with Gasteiger partial charge in [0.15, 0.2) is 6.61 Å². The number of ether oxygens (including phenoxy) is 1. The van der Waals surface area contributed by atoms with Crippen molar-refractivity contribution in [3.8, 4) is 5.88 Å². The molecule has 2 unspecified atom stereocenters. The lowest BCUT2D eigenvalue weighted by Gasteiger charge is -2.15. The third kappa shape index (κ3) is 4.74. The molecular formula is C19H19F3N2O2. The molecule has 0 aliphatic heterocycles. The molecule has 3 atom stereocenters. The van der Waals surface area contributed by atoms with E-state index in [2.05, 4.69) is 15.0 Å². The Morgan fingerprint density at radius 2 is 2.00 bits per heavy atom. The SMILES string of the molecule is C[C@@H](NC(=O)C1CC1c1ccccc1)c1ccc(OCC(F)(F)F)nc1. The van der Waals surface area contributed by atoms with E-state index in [0.29, 0.717) is 5.56 Å². The highest BCUT2D eigenvalue weighted by Gasteiger charge is 2.44. The third-order valence-corrected chi connectivity index (χ3v) is 4.36. The Balaban J connectivity index is 1.52. The van der Waals surface area contributed by atoms with Crippen LogP contribution in [0.15, 0.2) is 48.7 Å². The molecular weight excluding hydrogens is 345 g/mol. The summed E-state index contributed by atoms with van der Waals surface area (Å²) in [6.45, 7) is 0.430. The van der Waals surface area contributed by atoms with E-state index in [-0.39, 0.29) is 29.7 Å². The summed E-state index contributed by atoms with van der Waals surface area (Å²) in [7, 11) is 0. The highest BCUT2D eigenvalue weighted by atomic mass is 19.4. The lowest BCUT2D eigenvalue weighted by Crippen LogP contribution is -2.28. The molecule has 26 heavy (non-hydrogen) atoms. The van der Waals surface area contributed by atoms with Gasteiger partial charge in [-0.2, -0.15) is 13.2 Å². The maximum Gasteiger partial charge on any atom is 0.422 e. The molecule has 0 radical (unpaired) electrons. The minimum absolute atomic E-state index is 0.0243. The Morgan fingerprint density at radius 3 is 2.62 bits per heavy atom. The van der Waals surface area contributed by atoms with Crippen LogP contribution in [-0.2, 0) is 4.79 Å². The number of carbonyl (C=O) groups excluding carboxylic acids is 1. The highest BCUT2D eigenvalue weighted by molar-refractivity contribution is 5.83. The number of carbonyl (C=O) groups is 1. The van der Waals surface area contributed by atoms with Gasteiger partial charge in [0.05, 0.1) is 6.04 Å². The summed E-state index contributed by atoms with van der Waals surface area (Å²) in [5, 5.41) is 2.93. The van der Waals surface area contributed by atoms with Crippen molar-refractivity contribution < 1.29 is 22.7 Å². The molecule has 0 spiro atoms. The van der Waals surface area contributed by atoms with Gasteiger partial charge in [0.25, 0.3) is 0 Å². The molecule has 3 rings (SSSR count). The molecule has 4 nitrogen and oxygen atoms in total. The first-order valence-corrected chi connectivity index (χ1v) is 8.34. The van der Waals surface area contributed by atoms with Gasteiger partial charge in [-0.3, -0.25) is 4.79 Å². The van der Waals surface area contributed by atoms with Gasteiger partial charge in [-0.25, -0.2) is 4.98 Å². The van der Waals surface area contributed by atoms with E-state index in [1.54, 1.807) is 6.07 Å². The normalized spacial score (nSPS) is 20.3. The number of rotatable bonds is 6. The molecule has 1 amide bonds. The van der Waals surface area contributed by atoms with E-state index in [4.69, 9.17) is 0 Å². The second kappa shape index (κ2) is 7.35. The fourth-order valence-corrected chi connectivity index (χ4v) is 2.85. The summed E-state index contributed by atoms with van der Waals surface area (Å²) in [5.41, 5.74) is 1.86. The van der Waals surface area contributed by atoms with Crippen molar-refractivity contribution in [2.24, 2.45) is 5.92 Å². The molecule has 1 aliphatic rings. The minimum Gasteiger partial charge on any atom is -0.468 e. The Kier molecular flexibility index (Phi) is 5.15. The van der Waals surface area contributed by atoms with E-state index >= 15 is 0 Å². The number of benzene rings is 1. The van der Waals surface area contributed by atoms with Crippen molar-refractivity contribution in [3.05, 3.63) is 59.8 Å². The van der Waals surface area contributed by atoms with Gasteiger partial charge in [0, 0.05) is 18.2 Å². The smallest absolute Gasteiger partial charge is 0.422 e. The topological polar surface area (TPSA) is 51.2 Å². The van der Waals surface area contributed by atoms with Crippen molar-refractivity contribution in [2.45, 2.75) is 31.5 Å². The summed E-state index contributed by atoms with van der Waals surface area (Å²) in [6.07, 6.45) is -2.16. The number of nitrogens with zero attached hydrogens (tertiary/aromatic N) is 1. The molecule has 1 aliphatic carbocycles. The average Bonchev–Trinajstić information content (AvgIpc) is 3.41. The molecule has 2 aromatic rings. The number of nitrogens with one attached hydrogen (secondary N) is 1. The van der Waals surface area contributed by atoms with E-state index in [0.717, 1.165) is 12.0 Å². The fourth-order valence-electron chi connectivity index (χ4n) is 2.85. The lowest BCUT2D eigenvalue weighted by molar-refractivity contribution is -0.154. The zero-order valence-electron chi connectivity index (χ0n) is 14.2. The molecule has 1 heterocycles. The highest BCUT2D eigenvalue weighted by Crippen LogP contribution is 2.47. The minimum atomic E-state index is -4.40. The molecule has 1 saturated carbocycles. The molecule has 1 aromatic carbocycles. The first-order chi connectivity index (χ1) is 12.3. The predicted molar refractivity (Wildman–Crippen MR) is 89.6 cm³/mol. The average molecular weight is 364 g/mol. The van der Waals surface area contributed by atoms with Crippen LogP contribution in [0.5, 0.6) is 5.88 Å². The van der Waals surface area contributed by atoms with Crippen molar-refractivity contribution >= 4 is 5.91 Å². The maximum absolute atomic E-state index is 12.4. The van der Waals surface area contributed by atoms with E-state index < -0.39 is 12.8 Å². The molecule has 0 saturated heterocycles. The van der Waals surface area contributed by atoms with Gasteiger partial charge < -0.3 is 10.1 Å². The summed E-state index contributed by atoms with van der Waals surface area (Å²) >= 11 is 0. The summed E-state index contributed by atoms with van der Waals surface area (Å²) < 4.78 is 41.0. The second-order valence-electron chi connectivity index (χ2n) is 6.42. The molecule has 0 bridgehead atoms. The molecule has 1 fully saturated rings. The van der Waals surface area contributed by atoms with Crippen LogP contribution in [0.25, 0.3) is 0 Å². The maximum atomic E-state index is 12.4. The standard InChI is InChI=1S/C19H19F3N2O2/c1-12(14-7-8-17(23-10-14)26-11-19(20,21)22)24-18(25)16-9-15(16)13-5-3-2-4-6-13/h2-8,10,12,15-16H,9,11H2,1H3,(H,24,25)/t12-,15?,16?/m1/s1. The monoisotopic (exact) mass is 364 g/mol. The number of halogens is 3. The van der Waals surface area contributed by atoms with Gasteiger partial charge in [-0.1, -0.05) is 36.4 Å². The summed E-state index contributed by atoms with van der Waals surface area (Å²) in [6, 6.07) is 12.6. The quantitative estimate of drug-likeness (QED) is 0.843. The lowest BCUT2D eigenvalue weighted by atomic mass is 10.1. The zero-order chi connectivity index (χ0) is 18.7. The van der Waals surface area contributed by atoms with Gasteiger partial charge in [-0.15, -0.1) is 0 Å². The molecule has 7 heteroatoms. The third-order valence-electron chi connectivity index (χ3n) is 4.36. The Bertz CT molecular complexity index is 748. The van der Waals surface area contributed by atoms with Crippen LogP contribution in [0.3, 0.4) is 0 Å². The van der Waals surface area contributed by atoms with Crippen molar-refractivity contribution in [1.82, 2.24) is 10.3 Å². The number of hydrogen-bond acceptors (Lipinski definition) is 3. The van der Waals surface area contributed by atoms with Crippen molar-refractivity contribution in [2.75, 3.05) is 6.61 Å². The molecule has 1 N–H and O–H groups in total. The van der Waals surface area contributed by atoms with E-state index in [1.807, 2.05) is 37.3 Å². The number of aromatic nitrogens is 1. The Hall–Kier alpha value is -2.57. The van der Waals surface area contributed by atoms with Gasteiger partial charge >= 0.3 is 6.18 Å². The number of alkyl halides is 3. The fraction of sp³-hybridized carbons (Fsp3) is 0.368. The zero-order valence-corrected chi connectivity index (χ0v) is 14.2. The summed E-state index contributed by atoms with van der Waals surface area (Å²) in [4.78, 5) is 16.2. The Labute approximate surface area is 149 Å². The molecule has 1 aromatic heterocycles. The largest absolute Gasteiger partial charge is 0.468 e. The van der Waals surface area contributed by atoms with Gasteiger partial charge in [-0.05, 0) is 30.4 Å². The van der Waals surface area contributed by atoms with Crippen LogP contribution < -0.4 is 10.1 Å². The van der Waals surface area contributed by atoms with Crippen LogP contribution in [0.2, 0.25) is 0 Å². The van der Waals surface area contributed by atoms with Crippen LogP contribution in [0.4, 0.5) is 13.2 Å². The van der Waals surface area contributed by atoms with Crippen LogP contribution in [0, 0.1) is 5.92 Å². The van der Waals surface area contributed by atoms with Gasteiger partial charge in [0.1, 0.15) is 0 Å². The number of pyridine rings is 1. The molecule has 138 valence electrons. The first-order valence-electron chi connectivity index (χ1n) is 8.34. The van der Waals surface area contributed by atoms with Crippen LogP contribution >= 0.6 is 0 Å². The van der Waals surface area contributed by atoms with Gasteiger partial charge in [0.2, 0.25) is 11.8 Å². The number of hydrogen-bond donors (Lipinski definition) is 1. The van der Waals surface area contributed by atoms with Crippen molar-refractivity contribution in [3.63, 3.8) is 0 Å². The van der Waals surface area contributed by atoms with Crippen LogP contribution in [0.1, 0.15) is 36.4 Å². The Morgan fingerprint density at radius 1 is 1.27 bits per heavy atom. The number of amides is 1. The predicted octanol–water partition coefficient (Wildman–Crippen LogP) is 4.00. The van der Waals surface area contributed by atoms with E-state index in [1.165, 1.54) is 12.3 Å². The second-order valence-corrected chi connectivity index (χ2v) is 6.42. The first kappa shape index (κ1) is 18.2. The van der Waals surface area contributed by atoms with Crippen LogP contribution in [-0.4, -0.2) is 23.7 Å². The summed E-state index contributed by atoms with van der Waals surface area (Å²) in [5.74, 6) is 0.0848. The van der Waals surface area contributed by atoms with E-state index in [9.17, 15) is 18.0 Å². The van der Waals surface area contributed by atoms with Crippen molar-refractivity contribution in [1.29, 1.82) is 0 Å².